The van der Waals surface area contributed by atoms with Gasteiger partial charge in [-0.15, -0.1) is 0 Å². The number of aryl methyl sites for hydroxylation is 1. The third-order valence-electron chi connectivity index (χ3n) is 4.04. The lowest BCUT2D eigenvalue weighted by Crippen LogP contribution is -2.19. The maximum atomic E-state index is 12.3. The number of hydrogen-bond acceptors (Lipinski definition) is 5. The number of aromatic nitrogens is 1. The maximum Gasteiger partial charge on any atom is 0.255 e. The Morgan fingerprint density at radius 2 is 2.00 bits per heavy atom. The van der Waals surface area contributed by atoms with E-state index in [4.69, 9.17) is 4.74 Å². The Bertz CT molecular complexity index is 1040. The van der Waals surface area contributed by atoms with Crippen LogP contribution in [0.1, 0.15) is 12.5 Å². The Balaban J connectivity index is 2.90. The smallest absolute Gasteiger partial charge is 0.255 e. The van der Waals surface area contributed by atoms with Gasteiger partial charge in [0, 0.05) is 29.9 Å². The van der Waals surface area contributed by atoms with Crippen LogP contribution in [0, 0.1) is 6.92 Å². The molecule has 0 bridgehead atoms. The van der Waals surface area contributed by atoms with E-state index in [1.54, 1.807) is 33.2 Å². The standard InChI is InChI=1S/C18H21N3O4S/c1-6-26(23,24)13-7-8-16(25-5)14(9-13)15-10-21(4)18(22)12(2)17(15)20-11-19-3/h7-11H,3,6H2,1-2,4-5H3/b20-11-. The fourth-order valence-corrected chi connectivity index (χ4v) is 3.51. The molecule has 0 saturated heterocycles. The second kappa shape index (κ2) is 7.65. The summed E-state index contributed by atoms with van der Waals surface area (Å²) < 4.78 is 31.4. The van der Waals surface area contributed by atoms with Gasteiger partial charge in [-0.05, 0) is 31.8 Å². The van der Waals surface area contributed by atoms with E-state index >= 15 is 0 Å². The van der Waals surface area contributed by atoms with Gasteiger partial charge in [0.05, 0.1) is 23.4 Å². The lowest BCUT2D eigenvalue weighted by molar-refractivity contribution is 0.416. The van der Waals surface area contributed by atoms with Crippen molar-refractivity contribution < 1.29 is 13.2 Å². The van der Waals surface area contributed by atoms with Crippen molar-refractivity contribution in [1.29, 1.82) is 0 Å². The monoisotopic (exact) mass is 375 g/mol. The first-order chi connectivity index (χ1) is 12.3. The minimum absolute atomic E-state index is 0.0174. The van der Waals surface area contributed by atoms with Gasteiger partial charge >= 0.3 is 0 Å². The molecule has 7 nitrogen and oxygen atoms in total. The van der Waals surface area contributed by atoms with E-state index in [1.807, 2.05) is 0 Å². The van der Waals surface area contributed by atoms with Crippen LogP contribution < -0.4 is 10.3 Å². The molecule has 0 fully saturated rings. The summed E-state index contributed by atoms with van der Waals surface area (Å²) in [5, 5.41) is 0. The number of rotatable bonds is 6. The molecule has 138 valence electrons. The second-order valence-electron chi connectivity index (χ2n) is 5.63. The molecular weight excluding hydrogens is 354 g/mol. The lowest BCUT2D eigenvalue weighted by atomic mass is 10.0. The van der Waals surface area contributed by atoms with Crippen molar-refractivity contribution in [1.82, 2.24) is 4.57 Å². The van der Waals surface area contributed by atoms with Gasteiger partial charge in [-0.25, -0.2) is 13.4 Å². The molecule has 0 spiro atoms. The number of nitrogens with zero attached hydrogens (tertiary/aromatic N) is 3. The highest BCUT2D eigenvalue weighted by atomic mass is 32.2. The van der Waals surface area contributed by atoms with Gasteiger partial charge < -0.3 is 9.30 Å². The van der Waals surface area contributed by atoms with E-state index in [1.165, 1.54) is 30.1 Å². The molecule has 0 aliphatic heterocycles. The number of pyridine rings is 1. The molecule has 1 heterocycles. The summed E-state index contributed by atoms with van der Waals surface area (Å²) in [5.74, 6) is 0.456. The Labute approximate surface area is 152 Å². The van der Waals surface area contributed by atoms with E-state index in [2.05, 4.69) is 16.7 Å². The van der Waals surface area contributed by atoms with Crippen molar-refractivity contribution in [2.75, 3.05) is 12.9 Å². The molecular formula is C18H21N3O4S. The number of aliphatic imine (C=N–C) groups is 2. The zero-order valence-electron chi connectivity index (χ0n) is 15.2. The van der Waals surface area contributed by atoms with E-state index in [0.29, 0.717) is 28.1 Å². The quantitative estimate of drug-likeness (QED) is 0.573. The van der Waals surface area contributed by atoms with Gasteiger partial charge in [-0.2, -0.15) is 0 Å². The van der Waals surface area contributed by atoms with Crippen LogP contribution in [-0.2, 0) is 16.9 Å². The second-order valence-corrected chi connectivity index (χ2v) is 7.90. The Hall–Kier alpha value is -2.74. The van der Waals surface area contributed by atoms with Crippen LogP contribution in [-0.4, -0.2) is 38.9 Å². The molecule has 2 rings (SSSR count). The Morgan fingerprint density at radius 3 is 2.58 bits per heavy atom. The molecule has 0 radical (unpaired) electrons. The lowest BCUT2D eigenvalue weighted by Gasteiger charge is -2.15. The van der Waals surface area contributed by atoms with Crippen LogP contribution in [0.2, 0.25) is 0 Å². The van der Waals surface area contributed by atoms with Gasteiger partial charge in [-0.3, -0.25) is 9.79 Å². The molecule has 2 aromatic rings. The highest BCUT2D eigenvalue weighted by molar-refractivity contribution is 7.91. The zero-order valence-corrected chi connectivity index (χ0v) is 16.0. The molecule has 8 heteroatoms. The predicted octanol–water partition coefficient (Wildman–Crippen LogP) is 2.52. The van der Waals surface area contributed by atoms with Crippen molar-refractivity contribution in [2.24, 2.45) is 17.0 Å². The Kier molecular flexibility index (Phi) is 5.76. The fourth-order valence-electron chi connectivity index (χ4n) is 2.60. The largest absolute Gasteiger partial charge is 0.496 e. The molecule has 0 unspecified atom stereocenters. The molecule has 1 aromatic carbocycles. The van der Waals surface area contributed by atoms with Crippen molar-refractivity contribution in [3.8, 4) is 16.9 Å². The topological polar surface area (TPSA) is 90.1 Å². The summed E-state index contributed by atoms with van der Waals surface area (Å²) in [5.41, 5.74) is 1.69. The average Bonchev–Trinajstić information content (AvgIpc) is 2.64. The van der Waals surface area contributed by atoms with Crippen molar-refractivity contribution in [2.45, 2.75) is 18.7 Å². The van der Waals surface area contributed by atoms with Crippen LogP contribution in [0.3, 0.4) is 0 Å². The summed E-state index contributed by atoms with van der Waals surface area (Å²) in [7, 11) is -0.285. The van der Waals surface area contributed by atoms with E-state index in [0.717, 1.165) is 0 Å². The van der Waals surface area contributed by atoms with Crippen LogP contribution in [0.4, 0.5) is 5.69 Å². The van der Waals surface area contributed by atoms with E-state index in [-0.39, 0.29) is 16.2 Å². The minimum atomic E-state index is -3.40. The molecule has 0 atom stereocenters. The highest BCUT2D eigenvalue weighted by Crippen LogP contribution is 2.38. The number of methoxy groups -OCH3 is 1. The summed E-state index contributed by atoms with van der Waals surface area (Å²) in [6.07, 6.45) is 2.84. The van der Waals surface area contributed by atoms with Gasteiger partial charge in [-0.1, -0.05) is 6.92 Å². The molecule has 0 N–H and O–H groups in total. The summed E-state index contributed by atoms with van der Waals surface area (Å²) in [6.45, 7) is 6.59. The van der Waals surface area contributed by atoms with Gasteiger partial charge in [0.25, 0.3) is 5.56 Å². The minimum Gasteiger partial charge on any atom is -0.496 e. The summed E-state index contributed by atoms with van der Waals surface area (Å²) in [6, 6.07) is 4.64. The molecule has 0 aliphatic rings. The predicted molar refractivity (Wildman–Crippen MR) is 104 cm³/mol. The third kappa shape index (κ3) is 3.60. The van der Waals surface area contributed by atoms with Crippen LogP contribution in [0.5, 0.6) is 5.75 Å². The highest BCUT2D eigenvalue weighted by Gasteiger charge is 2.19. The third-order valence-corrected chi connectivity index (χ3v) is 5.78. The van der Waals surface area contributed by atoms with Crippen molar-refractivity contribution >= 4 is 28.6 Å². The van der Waals surface area contributed by atoms with Gasteiger partial charge in [0.1, 0.15) is 12.1 Å². The van der Waals surface area contributed by atoms with Gasteiger partial charge in [0.2, 0.25) is 0 Å². The summed E-state index contributed by atoms with van der Waals surface area (Å²) in [4.78, 5) is 20.3. The first kappa shape index (κ1) is 19.6. The van der Waals surface area contributed by atoms with Crippen LogP contribution in [0.25, 0.3) is 11.1 Å². The van der Waals surface area contributed by atoms with E-state index in [9.17, 15) is 13.2 Å². The average molecular weight is 375 g/mol. The first-order valence-corrected chi connectivity index (χ1v) is 9.51. The molecule has 0 aliphatic carbocycles. The molecule has 0 saturated carbocycles. The normalized spacial score (nSPS) is 11.7. The number of sulfone groups is 1. The Morgan fingerprint density at radius 1 is 1.31 bits per heavy atom. The van der Waals surface area contributed by atoms with Crippen molar-refractivity contribution in [3.63, 3.8) is 0 Å². The summed E-state index contributed by atoms with van der Waals surface area (Å²) >= 11 is 0. The SMILES string of the molecule is C=N/C=N\c1c(-c2cc(S(=O)(=O)CC)ccc2OC)cn(C)c(=O)c1C. The zero-order chi connectivity index (χ0) is 19.5. The van der Waals surface area contributed by atoms with Crippen molar-refractivity contribution in [3.05, 3.63) is 40.3 Å². The van der Waals surface area contributed by atoms with Crippen LogP contribution in [0.15, 0.2) is 44.1 Å². The molecule has 26 heavy (non-hydrogen) atoms. The van der Waals surface area contributed by atoms with E-state index < -0.39 is 9.84 Å². The fraction of sp³-hybridized carbons (Fsp3) is 0.278. The number of hydrogen-bond donors (Lipinski definition) is 0. The molecule has 1 aromatic heterocycles. The maximum absolute atomic E-state index is 12.3. The van der Waals surface area contributed by atoms with Gasteiger partial charge in [0.15, 0.2) is 9.84 Å². The first-order valence-electron chi connectivity index (χ1n) is 7.86. The molecule has 0 amide bonds. The number of benzene rings is 1. The number of ether oxygens (including phenoxy) is 1. The van der Waals surface area contributed by atoms with Crippen LogP contribution >= 0.6 is 0 Å².